The molecule has 1 aliphatic heterocycles. The highest BCUT2D eigenvalue weighted by atomic mass is 19.1. The van der Waals surface area contributed by atoms with Crippen LogP contribution in [0.4, 0.5) is 21.5 Å². The lowest BCUT2D eigenvalue weighted by Gasteiger charge is -2.21. The van der Waals surface area contributed by atoms with Gasteiger partial charge < -0.3 is 15.4 Å². The third-order valence-corrected chi connectivity index (χ3v) is 3.54. The Morgan fingerprint density at radius 2 is 2.00 bits per heavy atom. The summed E-state index contributed by atoms with van der Waals surface area (Å²) in [6.07, 6.45) is 0.994. The number of benzene rings is 2. The zero-order chi connectivity index (χ0) is 15.0. The molecule has 0 aliphatic carbocycles. The molecular formula is C17H19FN2O. The molecule has 0 unspecified atom stereocenters. The molecule has 2 aromatic rings. The molecular weight excluding hydrogens is 267 g/mol. The maximum absolute atomic E-state index is 13.5. The Bertz CT molecular complexity index is 670. The Morgan fingerprint density at radius 1 is 1.19 bits per heavy atom. The average Bonchev–Trinajstić information content (AvgIpc) is 2.80. The lowest BCUT2D eigenvalue weighted by atomic mass is 10.1. The molecule has 2 N–H and O–H groups in total. The van der Waals surface area contributed by atoms with Crippen molar-refractivity contribution in [3.05, 3.63) is 47.8 Å². The molecule has 0 fully saturated rings. The summed E-state index contributed by atoms with van der Waals surface area (Å²) in [5, 5.41) is 0. The smallest absolute Gasteiger partial charge is 0.125 e. The first-order chi connectivity index (χ1) is 10.0. The lowest BCUT2D eigenvalue weighted by molar-refractivity contribution is 0.242. The van der Waals surface area contributed by atoms with Crippen molar-refractivity contribution in [3.63, 3.8) is 0 Å². The van der Waals surface area contributed by atoms with Crippen molar-refractivity contribution in [3.8, 4) is 5.75 Å². The number of anilines is 3. The van der Waals surface area contributed by atoms with E-state index in [1.54, 1.807) is 6.07 Å². The molecule has 0 aromatic heterocycles. The Hall–Kier alpha value is -2.23. The van der Waals surface area contributed by atoms with Crippen LogP contribution in [0.25, 0.3) is 0 Å². The number of hydrogen-bond donors (Lipinski definition) is 1. The predicted octanol–water partition coefficient (Wildman–Crippen LogP) is 3.89. The van der Waals surface area contributed by atoms with Gasteiger partial charge in [0.2, 0.25) is 0 Å². The van der Waals surface area contributed by atoms with Crippen LogP contribution in [0.3, 0.4) is 0 Å². The molecule has 110 valence electrons. The molecule has 4 heteroatoms. The van der Waals surface area contributed by atoms with Gasteiger partial charge in [-0.3, -0.25) is 0 Å². The Kier molecular flexibility index (Phi) is 3.45. The van der Waals surface area contributed by atoms with E-state index in [0.29, 0.717) is 5.69 Å². The summed E-state index contributed by atoms with van der Waals surface area (Å²) >= 11 is 0. The molecule has 1 aliphatic rings. The van der Waals surface area contributed by atoms with Gasteiger partial charge >= 0.3 is 0 Å². The van der Waals surface area contributed by atoms with Crippen LogP contribution in [-0.4, -0.2) is 12.6 Å². The van der Waals surface area contributed by atoms with E-state index in [0.717, 1.165) is 35.7 Å². The second kappa shape index (κ2) is 5.28. The zero-order valence-corrected chi connectivity index (χ0v) is 12.3. The van der Waals surface area contributed by atoms with Crippen LogP contribution in [0.15, 0.2) is 36.4 Å². The quantitative estimate of drug-likeness (QED) is 0.870. The molecule has 0 bridgehead atoms. The van der Waals surface area contributed by atoms with Crippen LogP contribution >= 0.6 is 0 Å². The fraction of sp³-hybridized carbons (Fsp3) is 0.294. The minimum absolute atomic E-state index is 0.0861. The second-order valence-electron chi connectivity index (χ2n) is 5.60. The van der Waals surface area contributed by atoms with Crippen molar-refractivity contribution < 1.29 is 9.13 Å². The van der Waals surface area contributed by atoms with Gasteiger partial charge in [0.1, 0.15) is 11.6 Å². The number of nitrogens with two attached hydrogens (primary N) is 1. The molecule has 0 radical (unpaired) electrons. The molecule has 0 spiro atoms. The van der Waals surface area contributed by atoms with Gasteiger partial charge in [-0.05, 0) is 44.0 Å². The second-order valence-corrected chi connectivity index (χ2v) is 5.60. The van der Waals surface area contributed by atoms with Crippen LogP contribution in [0.5, 0.6) is 5.75 Å². The number of fused-ring (bicyclic) bond motifs is 1. The zero-order valence-electron chi connectivity index (χ0n) is 12.3. The van der Waals surface area contributed by atoms with Gasteiger partial charge in [-0.25, -0.2) is 4.39 Å². The molecule has 0 amide bonds. The number of nitrogens with zero attached hydrogens (tertiary/aromatic N) is 1. The summed E-state index contributed by atoms with van der Waals surface area (Å²) in [7, 11) is 0. The summed E-state index contributed by atoms with van der Waals surface area (Å²) < 4.78 is 19.2. The van der Waals surface area contributed by atoms with Crippen molar-refractivity contribution in [2.45, 2.75) is 26.4 Å². The van der Waals surface area contributed by atoms with Gasteiger partial charge in [0.05, 0.1) is 6.10 Å². The van der Waals surface area contributed by atoms with Crippen LogP contribution in [0, 0.1) is 5.82 Å². The number of nitrogen functional groups attached to an aromatic ring is 1. The Balaban J connectivity index is 1.99. The number of rotatable bonds is 3. The minimum Gasteiger partial charge on any atom is -0.491 e. The average molecular weight is 286 g/mol. The fourth-order valence-corrected chi connectivity index (χ4v) is 2.72. The fourth-order valence-electron chi connectivity index (χ4n) is 2.72. The first-order valence-corrected chi connectivity index (χ1v) is 7.16. The van der Waals surface area contributed by atoms with E-state index in [4.69, 9.17) is 10.5 Å². The monoisotopic (exact) mass is 286 g/mol. The van der Waals surface area contributed by atoms with Gasteiger partial charge in [-0.1, -0.05) is 6.07 Å². The molecule has 3 rings (SSSR count). The number of hydrogen-bond acceptors (Lipinski definition) is 3. The summed E-state index contributed by atoms with van der Waals surface area (Å²) in [5.74, 6) is 0.521. The highest BCUT2D eigenvalue weighted by molar-refractivity contribution is 5.73. The van der Waals surface area contributed by atoms with Gasteiger partial charge in [0.15, 0.2) is 0 Å². The third kappa shape index (κ3) is 2.79. The molecule has 0 saturated heterocycles. The molecule has 0 atom stereocenters. The molecule has 21 heavy (non-hydrogen) atoms. The molecule has 2 aromatic carbocycles. The summed E-state index contributed by atoms with van der Waals surface area (Å²) in [6, 6.07) is 10.6. The summed E-state index contributed by atoms with van der Waals surface area (Å²) in [6.45, 7) is 4.77. The van der Waals surface area contributed by atoms with Gasteiger partial charge in [0, 0.05) is 35.7 Å². The highest BCUT2D eigenvalue weighted by Gasteiger charge is 2.21. The van der Waals surface area contributed by atoms with Crippen LogP contribution in [0.1, 0.15) is 19.4 Å². The lowest BCUT2D eigenvalue weighted by Crippen LogP contribution is -2.14. The largest absolute Gasteiger partial charge is 0.491 e. The van der Waals surface area contributed by atoms with E-state index >= 15 is 0 Å². The summed E-state index contributed by atoms with van der Waals surface area (Å²) in [4.78, 5) is 2.09. The minimum atomic E-state index is -0.219. The van der Waals surface area contributed by atoms with Crippen LogP contribution < -0.4 is 15.4 Å². The van der Waals surface area contributed by atoms with Crippen molar-refractivity contribution in [2.75, 3.05) is 17.2 Å². The molecule has 0 saturated carbocycles. The Morgan fingerprint density at radius 3 is 2.76 bits per heavy atom. The van der Waals surface area contributed by atoms with E-state index in [9.17, 15) is 4.39 Å². The van der Waals surface area contributed by atoms with E-state index in [1.165, 1.54) is 6.07 Å². The van der Waals surface area contributed by atoms with Crippen LogP contribution in [-0.2, 0) is 6.42 Å². The van der Waals surface area contributed by atoms with Crippen LogP contribution in [0.2, 0.25) is 0 Å². The maximum Gasteiger partial charge on any atom is 0.125 e. The van der Waals surface area contributed by atoms with Crippen molar-refractivity contribution in [1.29, 1.82) is 0 Å². The predicted molar refractivity (Wildman–Crippen MR) is 83.7 cm³/mol. The Labute approximate surface area is 124 Å². The van der Waals surface area contributed by atoms with Gasteiger partial charge in [-0.15, -0.1) is 0 Å². The van der Waals surface area contributed by atoms with Gasteiger partial charge in [-0.2, -0.15) is 0 Å². The third-order valence-electron chi connectivity index (χ3n) is 3.54. The first kappa shape index (κ1) is 13.7. The van der Waals surface area contributed by atoms with E-state index in [-0.39, 0.29) is 11.9 Å². The van der Waals surface area contributed by atoms with Gasteiger partial charge in [0.25, 0.3) is 0 Å². The standard InChI is InChI=1S/C17H19FN2O/c1-11(2)21-16-9-14(19)8-15(10-16)20-6-5-12-3-4-13(18)7-17(12)20/h3-4,7-11H,5-6,19H2,1-2H3. The highest BCUT2D eigenvalue weighted by Crippen LogP contribution is 2.37. The van der Waals surface area contributed by atoms with Crippen molar-refractivity contribution in [1.82, 2.24) is 0 Å². The topological polar surface area (TPSA) is 38.5 Å². The first-order valence-electron chi connectivity index (χ1n) is 7.16. The maximum atomic E-state index is 13.5. The van der Waals surface area contributed by atoms with Crippen molar-refractivity contribution in [2.24, 2.45) is 0 Å². The molecule has 1 heterocycles. The van der Waals surface area contributed by atoms with E-state index < -0.39 is 0 Å². The number of halogens is 1. The molecule has 3 nitrogen and oxygen atoms in total. The van der Waals surface area contributed by atoms with E-state index in [1.807, 2.05) is 38.1 Å². The van der Waals surface area contributed by atoms with Crippen molar-refractivity contribution >= 4 is 17.1 Å². The summed E-state index contributed by atoms with van der Waals surface area (Å²) in [5.41, 5.74) is 9.63. The number of ether oxygens (including phenoxy) is 1. The SMILES string of the molecule is CC(C)Oc1cc(N)cc(N2CCc3ccc(F)cc32)c1. The normalized spacial score (nSPS) is 13.6. The van der Waals surface area contributed by atoms with E-state index in [2.05, 4.69) is 4.90 Å².